The molecule has 1 aromatic heterocycles. The van der Waals surface area contributed by atoms with Crippen LogP contribution < -0.4 is 15.4 Å². The smallest absolute Gasteiger partial charge is 0.424 e. The van der Waals surface area contributed by atoms with E-state index < -0.39 is 0 Å². The molecule has 2 aromatic carbocycles. The van der Waals surface area contributed by atoms with Crippen molar-refractivity contribution in [3.63, 3.8) is 0 Å². The molecule has 0 fully saturated rings. The maximum Gasteiger partial charge on any atom is 0.424 e. The van der Waals surface area contributed by atoms with Crippen LogP contribution in [0.25, 0.3) is 11.1 Å². The summed E-state index contributed by atoms with van der Waals surface area (Å²) < 4.78 is 13.3. The zero-order valence-corrected chi connectivity index (χ0v) is 15.6. The molecule has 0 amide bonds. The lowest BCUT2D eigenvalue weighted by molar-refractivity contribution is -0.916. The van der Waals surface area contributed by atoms with Crippen molar-refractivity contribution in [3.8, 4) is 5.75 Å². The molecule has 1 atom stereocenters. The van der Waals surface area contributed by atoms with Gasteiger partial charge in [0.2, 0.25) is 0 Å². The molecule has 7 heteroatoms. The lowest BCUT2D eigenvalue weighted by Crippen LogP contribution is -3.07. The van der Waals surface area contributed by atoms with E-state index in [-0.39, 0.29) is 5.76 Å². The van der Waals surface area contributed by atoms with Crippen LogP contribution in [0, 0.1) is 0 Å². The predicted octanol–water partition coefficient (Wildman–Crippen LogP) is 2.69. The summed E-state index contributed by atoms with van der Waals surface area (Å²) in [6.45, 7) is 1.18. The van der Waals surface area contributed by atoms with Crippen LogP contribution in [0.4, 0.5) is 0 Å². The Bertz CT molecular complexity index is 935. The van der Waals surface area contributed by atoms with Gasteiger partial charge in [-0.25, -0.2) is 9.36 Å². The SMILES string of the molecule is COc1ccc(Br)cc1C[NH+](C)Cn1c(=O)oc2cc(Cl)ccc21. The highest BCUT2D eigenvalue weighted by atomic mass is 79.9. The number of aromatic nitrogens is 1. The summed E-state index contributed by atoms with van der Waals surface area (Å²) >= 11 is 9.43. The highest BCUT2D eigenvalue weighted by Crippen LogP contribution is 2.22. The second kappa shape index (κ2) is 7.01. The van der Waals surface area contributed by atoms with E-state index >= 15 is 0 Å². The Morgan fingerprint density at radius 1 is 1.29 bits per heavy atom. The van der Waals surface area contributed by atoms with Gasteiger partial charge in [0, 0.05) is 21.1 Å². The van der Waals surface area contributed by atoms with Gasteiger partial charge in [-0.15, -0.1) is 0 Å². The molecule has 0 aliphatic rings. The Hall–Kier alpha value is -1.76. The highest BCUT2D eigenvalue weighted by molar-refractivity contribution is 9.10. The number of oxazole rings is 1. The first-order valence-electron chi connectivity index (χ1n) is 7.40. The number of fused-ring (bicyclic) bond motifs is 1. The number of ether oxygens (including phenoxy) is 1. The van der Waals surface area contributed by atoms with Crippen molar-refractivity contribution in [1.29, 1.82) is 0 Å². The number of nitrogens with zero attached hydrogens (tertiary/aromatic N) is 1. The summed E-state index contributed by atoms with van der Waals surface area (Å²) in [5.74, 6) is 0.446. The van der Waals surface area contributed by atoms with Crippen LogP contribution in [0.2, 0.25) is 5.02 Å². The molecule has 1 heterocycles. The van der Waals surface area contributed by atoms with E-state index in [9.17, 15) is 4.79 Å². The van der Waals surface area contributed by atoms with E-state index in [1.54, 1.807) is 29.9 Å². The van der Waals surface area contributed by atoms with Crippen molar-refractivity contribution >= 4 is 38.6 Å². The Labute approximate surface area is 152 Å². The average molecular weight is 413 g/mol. The van der Waals surface area contributed by atoms with Gasteiger partial charge in [-0.2, -0.15) is 0 Å². The predicted molar refractivity (Wildman–Crippen MR) is 96.8 cm³/mol. The van der Waals surface area contributed by atoms with Crippen molar-refractivity contribution < 1.29 is 14.1 Å². The molecule has 1 N–H and O–H groups in total. The topological polar surface area (TPSA) is 48.8 Å². The van der Waals surface area contributed by atoms with Crippen molar-refractivity contribution in [1.82, 2.24) is 4.57 Å². The molecular weight excluding hydrogens is 396 g/mol. The molecule has 0 aliphatic heterocycles. The summed E-state index contributed by atoms with van der Waals surface area (Å²) in [4.78, 5) is 13.2. The summed E-state index contributed by atoms with van der Waals surface area (Å²) in [5.41, 5.74) is 2.30. The number of benzene rings is 2. The molecular formula is C17H17BrClN2O3+. The van der Waals surface area contributed by atoms with Gasteiger partial charge in [-0.3, -0.25) is 0 Å². The largest absolute Gasteiger partial charge is 0.496 e. The number of hydrogen-bond acceptors (Lipinski definition) is 3. The van der Waals surface area contributed by atoms with Gasteiger partial charge in [0.15, 0.2) is 12.3 Å². The number of nitrogens with one attached hydrogen (secondary N) is 1. The fourth-order valence-electron chi connectivity index (χ4n) is 2.73. The zero-order valence-electron chi connectivity index (χ0n) is 13.3. The van der Waals surface area contributed by atoms with Crippen LogP contribution >= 0.6 is 27.5 Å². The molecule has 0 saturated carbocycles. The molecule has 3 rings (SSSR count). The lowest BCUT2D eigenvalue weighted by atomic mass is 10.2. The van der Waals surface area contributed by atoms with Gasteiger partial charge in [0.25, 0.3) is 0 Å². The molecule has 3 aromatic rings. The Morgan fingerprint density at radius 2 is 2.08 bits per heavy atom. The van der Waals surface area contributed by atoms with Crippen LogP contribution in [0.1, 0.15) is 5.56 Å². The first-order valence-corrected chi connectivity index (χ1v) is 8.57. The van der Waals surface area contributed by atoms with E-state index in [0.29, 0.717) is 23.8 Å². The molecule has 126 valence electrons. The number of halogens is 2. The molecule has 24 heavy (non-hydrogen) atoms. The second-order valence-corrected chi connectivity index (χ2v) is 7.01. The summed E-state index contributed by atoms with van der Waals surface area (Å²) in [6.07, 6.45) is 0. The fourth-order valence-corrected chi connectivity index (χ4v) is 3.30. The minimum Gasteiger partial charge on any atom is -0.496 e. The van der Waals surface area contributed by atoms with Gasteiger partial charge in [0.05, 0.1) is 19.7 Å². The number of rotatable bonds is 5. The number of hydrogen-bond donors (Lipinski definition) is 1. The fraction of sp³-hybridized carbons (Fsp3) is 0.235. The summed E-state index contributed by atoms with van der Waals surface area (Å²) in [5, 5.41) is 0.544. The maximum atomic E-state index is 12.1. The summed E-state index contributed by atoms with van der Waals surface area (Å²) in [7, 11) is 3.67. The molecule has 0 spiro atoms. The molecule has 0 saturated heterocycles. The third kappa shape index (κ3) is 3.50. The molecule has 0 radical (unpaired) electrons. The average Bonchev–Trinajstić information content (AvgIpc) is 2.82. The van der Waals surface area contributed by atoms with Crippen LogP contribution in [0.15, 0.2) is 50.1 Å². The first kappa shape index (κ1) is 17.1. The number of quaternary nitrogens is 1. The van der Waals surface area contributed by atoms with Crippen LogP contribution in [-0.2, 0) is 13.2 Å². The minimum atomic E-state index is -0.382. The van der Waals surface area contributed by atoms with E-state index in [2.05, 4.69) is 15.9 Å². The van der Waals surface area contributed by atoms with E-state index in [0.717, 1.165) is 26.2 Å². The second-order valence-electron chi connectivity index (χ2n) is 5.66. The van der Waals surface area contributed by atoms with Gasteiger partial charge < -0.3 is 14.1 Å². The summed E-state index contributed by atoms with van der Waals surface area (Å²) in [6, 6.07) is 11.1. The quantitative estimate of drug-likeness (QED) is 0.701. The Balaban J connectivity index is 1.86. The zero-order chi connectivity index (χ0) is 17.3. The van der Waals surface area contributed by atoms with Crippen molar-refractivity contribution in [2.45, 2.75) is 13.2 Å². The van der Waals surface area contributed by atoms with E-state index in [1.807, 2.05) is 25.2 Å². The van der Waals surface area contributed by atoms with E-state index in [1.165, 1.54) is 0 Å². The van der Waals surface area contributed by atoms with Crippen LogP contribution in [0.5, 0.6) is 5.75 Å². The van der Waals surface area contributed by atoms with Gasteiger partial charge in [-0.1, -0.05) is 27.5 Å². The van der Waals surface area contributed by atoms with Crippen molar-refractivity contribution in [2.75, 3.05) is 14.2 Å². The van der Waals surface area contributed by atoms with Crippen molar-refractivity contribution in [2.24, 2.45) is 0 Å². The maximum absolute atomic E-state index is 12.1. The van der Waals surface area contributed by atoms with Crippen molar-refractivity contribution in [3.05, 3.63) is 62.0 Å². The highest BCUT2D eigenvalue weighted by Gasteiger charge is 2.15. The standard InChI is InChI=1S/C17H16BrClN2O3/c1-20(9-11-7-12(18)3-6-15(11)23-2)10-21-14-5-4-13(19)8-16(14)24-17(21)22/h3-8H,9-10H2,1-2H3/p+1. The number of methoxy groups -OCH3 is 1. The monoisotopic (exact) mass is 411 g/mol. The van der Waals surface area contributed by atoms with Gasteiger partial charge in [-0.05, 0) is 30.3 Å². The van der Waals surface area contributed by atoms with E-state index in [4.69, 9.17) is 20.8 Å². The molecule has 0 aliphatic carbocycles. The Morgan fingerprint density at radius 3 is 2.83 bits per heavy atom. The van der Waals surface area contributed by atoms with Crippen LogP contribution in [0.3, 0.4) is 0 Å². The third-order valence-electron chi connectivity index (χ3n) is 3.79. The van der Waals surface area contributed by atoms with Gasteiger partial charge >= 0.3 is 5.76 Å². The molecule has 0 bridgehead atoms. The molecule has 5 nitrogen and oxygen atoms in total. The first-order chi connectivity index (χ1) is 11.5. The molecule has 1 unspecified atom stereocenters. The van der Waals surface area contributed by atoms with Gasteiger partial charge in [0.1, 0.15) is 12.3 Å². The lowest BCUT2D eigenvalue weighted by Gasteiger charge is -2.16. The normalized spacial score (nSPS) is 12.5. The third-order valence-corrected chi connectivity index (χ3v) is 4.52. The minimum absolute atomic E-state index is 0.382. The van der Waals surface area contributed by atoms with Crippen LogP contribution in [-0.4, -0.2) is 18.7 Å². The Kier molecular flexibility index (Phi) is 4.99.